The van der Waals surface area contributed by atoms with E-state index in [2.05, 4.69) is 20.2 Å². The Morgan fingerprint density at radius 3 is 2.48 bits per heavy atom. The minimum Gasteiger partial charge on any atom is -0.335 e. The van der Waals surface area contributed by atoms with E-state index in [9.17, 15) is 13.2 Å². The molecule has 0 spiro atoms. The number of hydrogen-bond acceptors (Lipinski definition) is 6. The highest BCUT2D eigenvalue weighted by Crippen LogP contribution is 2.29. The molecule has 2 aromatic carbocycles. The number of carbonyl (C=O) groups excluding carboxylic acids is 1. The van der Waals surface area contributed by atoms with Crippen molar-refractivity contribution < 1.29 is 17.7 Å². The molecule has 0 atom stereocenters. The van der Waals surface area contributed by atoms with Crippen LogP contribution >= 0.6 is 0 Å². The summed E-state index contributed by atoms with van der Waals surface area (Å²) in [6.45, 7) is 5.30. The molecule has 0 radical (unpaired) electrons. The second-order valence-corrected chi connectivity index (χ2v) is 9.56. The molecule has 0 saturated carbocycles. The zero-order valence-corrected chi connectivity index (χ0v) is 19.4. The Bertz CT molecular complexity index is 1430. The van der Waals surface area contributed by atoms with Gasteiger partial charge in [0.1, 0.15) is 0 Å². The number of anilines is 2. The molecule has 1 amide bonds. The van der Waals surface area contributed by atoms with Crippen LogP contribution in [0.15, 0.2) is 59.1 Å². The summed E-state index contributed by atoms with van der Waals surface area (Å²) in [5.74, 6) is -0.352. The zero-order valence-electron chi connectivity index (χ0n) is 18.5. The maximum Gasteiger partial charge on any atom is 0.259 e. The van der Waals surface area contributed by atoms with E-state index in [4.69, 9.17) is 4.52 Å². The first-order valence-electron chi connectivity index (χ1n) is 10.5. The van der Waals surface area contributed by atoms with Gasteiger partial charge in [-0.25, -0.2) is 13.4 Å². The van der Waals surface area contributed by atoms with Gasteiger partial charge in [0.05, 0.1) is 33.8 Å². The first kappa shape index (κ1) is 22.5. The van der Waals surface area contributed by atoms with Crippen molar-refractivity contribution in [2.75, 3.05) is 15.8 Å². The predicted octanol–water partition coefficient (Wildman–Crippen LogP) is 4.91. The summed E-state index contributed by atoms with van der Waals surface area (Å²) in [6.07, 6.45) is 0.505. The fourth-order valence-corrected chi connectivity index (χ4v) is 4.78. The highest BCUT2D eigenvalue weighted by molar-refractivity contribution is 7.92. The lowest BCUT2D eigenvalue weighted by Gasteiger charge is -2.15. The van der Waals surface area contributed by atoms with Gasteiger partial charge in [-0.2, -0.15) is 0 Å². The summed E-state index contributed by atoms with van der Waals surface area (Å²) in [7, 11) is -3.46. The molecule has 0 saturated heterocycles. The van der Waals surface area contributed by atoms with Crippen molar-refractivity contribution in [2.24, 2.45) is 0 Å². The number of aryl methyl sites for hydroxylation is 1. The molecule has 9 heteroatoms. The Labute approximate surface area is 192 Å². The Morgan fingerprint density at radius 2 is 1.76 bits per heavy atom. The first-order valence-corrected chi connectivity index (χ1v) is 12.2. The summed E-state index contributed by atoms with van der Waals surface area (Å²) >= 11 is 0. The lowest BCUT2D eigenvalue weighted by atomic mass is 10.0. The molecule has 8 nitrogen and oxygen atoms in total. The van der Waals surface area contributed by atoms with Gasteiger partial charge in [0.2, 0.25) is 10.0 Å². The van der Waals surface area contributed by atoms with E-state index in [0.717, 1.165) is 5.56 Å². The average Bonchev–Trinajstić information content (AvgIpc) is 3.17. The van der Waals surface area contributed by atoms with Crippen LogP contribution in [0, 0.1) is 13.8 Å². The van der Waals surface area contributed by atoms with Crippen LogP contribution in [0.3, 0.4) is 0 Å². The number of carbonyl (C=O) groups is 1. The lowest BCUT2D eigenvalue weighted by molar-refractivity contribution is 0.102. The molecule has 0 unspecified atom stereocenters. The van der Waals surface area contributed by atoms with Crippen molar-refractivity contribution in [1.82, 2.24) is 10.1 Å². The summed E-state index contributed by atoms with van der Waals surface area (Å²) in [4.78, 5) is 17.9. The van der Waals surface area contributed by atoms with Gasteiger partial charge < -0.3 is 9.84 Å². The maximum absolute atomic E-state index is 13.4. The van der Waals surface area contributed by atoms with Gasteiger partial charge >= 0.3 is 0 Å². The Morgan fingerprint density at radius 1 is 1.03 bits per heavy atom. The standard InChI is InChI=1S/C24H24N4O4S/c1-4-13-33(30,31)28-20-12-8-11-19(15(20)2)25-23(29)18-14-21(17-9-6-5-7-10-17)26-24-22(18)16(3)27-32-24/h5-12,14,28H,4,13H2,1-3H3,(H,25,29). The van der Waals surface area contributed by atoms with Gasteiger partial charge in [-0.1, -0.05) is 48.5 Å². The topological polar surface area (TPSA) is 114 Å². The quantitative estimate of drug-likeness (QED) is 0.402. The van der Waals surface area contributed by atoms with Crippen LogP contribution in [0.25, 0.3) is 22.4 Å². The second-order valence-electron chi connectivity index (χ2n) is 7.72. The fraction of sp³-hybridized carbons (Fsp3) is 0.208. The molecule has 170 valence electrons. The molecule has 2 N–H and O–H groups in total. The number of benzene rings is 2. The molecule has 0 aliphatic rings. The second kappa shape index (κ2) is 9.03. The van der Waals surface area contributed by atoms with Crippen molar-refractivity contribution in [3.63, 3.8) is 0 Å². The molecule has 4 aromatic rings. The number of rotatable bonds is 7. The first-order chi connectivity index (χ1) is 15.8. The minimum atomic E-state index is -3.46. The monoisotopic (exact) mass is 464 g/mol. The van der Waals surface area contributed by atoms with Crippen molar-refractivity contribution in [1.29, 1.82) is 0 Å². The number of fused-ring (bicyclic) bond motifs is 1. The Kier molecular flexibility index (Phi) is 6.15. The Balaban J connectivity index is 1.72. The summed E-state index contributed by atoms with van der Waals surface area (Å²) in [5, 5.41) is 7.41. The summed E-state index contributed by atoms with van der Waals surface area (Å²) < 4.78 is 32.4. The van der Waals surface area contributed by atoms with Crippen LogP contribution in [0.4, 0.5) is 11.4 Å². The van der Waals surface area contributed by atoms with Gasteiger partial charge in [-0.05, 0) is 44.0 Å². The maximum atomic E-state index is 13.4. The van der Waals surface area contributed by atoms with E-state index in [1.54, 1.807) is 45.0 Å². The van der Waals surface area contributed by atoms with Crippen molar-refractivity contribution >= 4 is 38.4 Å². The molecule has 2 heterocycles. The van der Waals surface area contributed by atoms with Gasteiger partial charge in [-0.15, -0.1) is 0 Å². The summed E-state index contributed by atoms with van der Waals surface area (Å²) in [5.41, 5.74) is 4.16. The number of hydrogen-bond donors (Lipinski definition) is 2. The third-order valence-electron chi connectivity index (χ3n) is 5.25. The van der Waals surface area contributed by atoms with E-state index in [-0.39, 0.29) is 17.4 Å². The molecule has 4 rings (SSSR count). The minimum absolute atomic E-state index is 0.0209. The van der Waals surface area contributed by atoms with Crippen LogP contribution in [0.1, 0.15) is 35.0 Å². The smallest absolute Gasteiger partial charge is 0.259 e. The largest absolute Gasteiger partial charge is 0.335 e. The molecule has 0 aliphatic carbocycles. The third-order valence-corrected chi connectivity index (χ3v) is 6.73. The summed E-state index contributed by atoms with van der Waals surface area (Å²) in [6, 6.07) is 16.3. The number of nitrogens with zero attached hydrogens (tertiary/aromatic N) is 2. The van der Waals surface area contributed by atoms with E-state index in [0.29, 0.717) is 45.7 Å². The molecule has 0 aliphatic heterocycles. The van der Waals surface area contributed by atoms with E-state index < -0.39 is 10.0 Å². The van der Waals surface area contributed by atoms with E-state index >= 15 is 0 Å². The van der Waals surface area contributed by atoms with Crippen LogP contribution in [0.2, 0.25) is 0 Å². The number of sulfonamides is 1. The Hall–Kier alpha value is -3.72. The highest BCUT2D eigenvalue weighted by Gasteiger charge is 2.21. The number of pyridine rings is 1. The number of nitrogens with one attached hydrogen (secondary N) is 2. The van der Waals surface area contributed by atoms with Gasteiger partial charge in [0.25, 0.3) is 11.6 Å². The van der Waals surface area contributed by atoms with Gasteiger partial charge in [0.15, 0.2) is 0 Å². The van der Waals surface area contributed by atoms with E-state index in [1.807, 2.05) is 30.3 Å². The number of amides is 1. The van der Waals surface area contributed by atoms with E-state index in [1.165, 1.54) is 0 Å². The highest BCUT2D eigenvalue weighted by atomic mass is 32.2. The van der Waals surface area contributed by atoms with Crippen LogP contribution in [0.5, 0.6) is 0 Å². The van der Waals surface area contributed by atoms with Crippen molar-refractivity contribution in [3.05, 3.63) is 71.4 Å². The fourth-order valence-electron chi connectivity index (χ4n) is 3.59. The van der Waals surface area contributed by atoms with Gasteiger partial charge in [-0.3, -0.25) is 9.52 Å². The van der Waals surface area contributed by atoms with Crippen molar-refractivity contribution in [2.45, 2.75) is 27.2 Å². The SMILES string of the molecule is CCCS(=O)(=O)Nc1cccc(NC(=O)c2cc(-c3ccccc3)nc3onc(C)c23)c1C. The lowest BCUT2D eigenvalue weighted by Crippen LogP contribution is -2.18. The molecular weight excluding hydrogens is 440 g/mol. The molecule has 0 fully saturated rings. The molecule has 2 aromatic heterocycles. The molecule has 33 heavy (non-hydrogen) atoms. The van der Waals surface area contributed by atoms with Gasteiger partial charge in [0, 0.05) is 11.3 Å². The molecular formula is C24H24N4O4S. The van der Waals surface area contributed by atoms with Crippen molar-refractivity contribution in [3.8, 4) is 11.3 Å². The van der Waals surface area contributed by atoms with Crippen LogP contribution in [-0.4, -0.2) is 30.2 Å². The molecule has 0 bridgehead atoms. The normalized spacial score (nSPS) is 11.5. The predicted molar refractivity (Wildman–Crippen MR) is 129 cm³/mol. The average molecular weight is 465 g/mol. The zero-order chi connectivity index (χ0) is 23.6. The van der Waals surface area contributed by atoms with Crippen LogP contribution in [-0.2, 0) is 10.0 Å². The third kappa shape index (κ3) is 4.73. The van der Waals surface area contributed by atoms with Crippen LogP contribution < -0.4 is 10.0 Å². The number of aromatic nitrogens is 2.